The molecule has 0 saturated heterocycles. The van der Waals surface area contributed by atoms with Crippen molar-refractivity contribution >= 4 is 51.7 Å². The number of aromatic nitrogens is 2. The molecule has 8 nitrogen and oxygen atoms in total. The van der Waals surface area contributed by atoms with Crippen molar-refractivity contribution in [2.75, 3.05) is 18.4 Å². The lowest BCUT2D eigenvalue weighted by Gasteiger charge is -2.22. The Morgan fingerprint density at radius 1 is 1.09 bits per heavy atom. The largest absolute Gasteiger partial charge is 0.329 e. The number of anilines is 1. The number of hydrogen-bond donors (Lipinski definition) is 2. The van der Waals surface area contributed by atoms with Crippen LogP contribution in [0.25, 0.3) is 11.0 Å². The van der Waals surface area contributed by atoms with Crippen molar-refractivity contribution in [1.82, 2.24) is 14.5 Å². The highest BCUT2D eigenvalue weighted by Crippen LogP contribution is 2.25. The second-order valence-electron chi connectivity index (χ2n) is 7.13. The average molecular weight is 477 g/mol. The summed E-state index contributed by atoms with van der Waals surface area (Å²) in [5.41, 5.74) is 0.124. The zero-order valence-corrected chi connectivity index (χ0v) is 19.1. The van der Waals surface area contributed by atoms with Crippen LogP contribution in [0.5, 0.6) is 0 Å². The number of hydrogen-bond acceptors (Lipinski definition) is 4. The molecule has 0 aliphatic carbocycles. The molecule has 0 radical (unpaired) electrons. The van der Waals surface area contributed by atoms with Crippen molar-refractivity contribution < 1.29 is 9.59 Å². The maximum absolute atomic E-state index is 13.1. The number of H-pyrrole nitrogens is 1. The normalized spacial score (nSPS) is 10.9. The lowest BCUT2D eigenvalue weighted by molar-refractivity contribution is -0.116. The van der Waals surface area contributed by atoms with Gasteiger partial charge in [0.05, 0.1) is 21.7 Å². The fourth-order valence-electron chi connectivity index (χ4n) is 3.39. The van der Waals surface area contributed by atoms with E-state index in [1.54, 1.807) is 31.2 Å². The van der Waals surface area contributed by atoms with Crippen LogP contribution in [0.3, 0.4) is 0 Å². The number of nitrogens with one attached hydrogen (secondary N) is 2. The standard InChI is InChI=1S/C22H22Cl2N4O4/c1-3-9-27(12-19(29)25-16-11-14(23)6-7-15(16)24)21(31)13-5-8-18-17(10-13)26-20(30)22(32)28(18)4-2/h5-8,10-11H,3-4,9,12H2,1-2H3,(H,25,29)(H,26,30). The Kier molecular flexibility index (Phi) is 7.37. The number of aromatic amines is 1. The van der Waals surface area contributed by atoms with Crippen LogP contribution in [0.2, 0.25) is 10.0 Å². The Bertz CT molecular complexity index is 1300. The summed E-state index contributed by atoms with van der Waals surface area (Å²) in [7, 11) is 0. The number of benzene rings is 2. The Labute approximate surface area is 193 Å². The van der Waals surface area contributed by atoms with Gasteiger partial charge in [-0.1, -0.05) is 30.1 Å². The van der Waals surface area contributed by atoms with Gasteiger partial charge in [-0.2, -0.15) is 0 Å². The summed E-state index contributed by atoms with van der Waals surface area (Å²) in [4.78, 5) is 53.6. The van der Waals surface area contributed by atoms with Crippen LogP contribution >= 0.6 is 23.2 Å². The molecular formula is C22H22Cl2N4O4. The molecule has 1 heterocycles. The number of carbonyl (C=O) groups excluding carboxylic acids is 2. The van der Waals surface area contributed by atoms with Crippen molar-refractivity contribution in [2.24, 2.45) is 0 Å². The molecule has 0 aliphatic heterocycles. The van der Waals surface area contributed by atoms with Crippen LogP contribution in [0.4, 0.5) is 5.69 Å². The molecule has 0 fully saturated rings. The van der Waals surface area contributed by atoms with E-state index in [1.807, 2.05) is 6.92 Å². The second kappa shape index (κ2) is 10.0. The van der Waals surface area contributed by atoms with Crippen molar-refractivity contribution in [2.45, 2.75) is 26.8 Å². The molecule has 0 bridgehead atoms. The molecule has 1 aromatic heterocycles. The predicted octanol–water partition coefficient (Wildman–Crippen LogP) is 3.51. The Morgan fingerprint density at radius 2 is 1.84 bits per heavy atom. The van der Waals surface area contributed by atoms with E-state index in [0.717, 1.165) is 0 Å². The maximum atomic E-state index is 13.1. The van der Waals surface area contributed by atoms with Crippen molar-refractivity contribution in [3.63, 3.8) is 0 Å². The molecule has 0 spiro atoms. The molecule has 168 valence electrons. The van der Waals surface area contributed by atoms with Gasteiger partial charge in [-0.15, -0.1) is 0 Å². The topological polar surface area (TPSA) is 104 Å². The zero-order valence-electron chi connectivity index (χ0n) is 17.6. The Hall–Kier alpha value is -3.10. The van der Waals surface area contributed by atoms with Gasteiger partial charge in [0.1, 0.15) is 6.54 Å². The molecular weight excluding hydrogens is 455 g/mol. The van der Waals surface area contributed by atoms with Gasteiger partial charge < -0.3 is 19.8 Å². The first-order chi connectivity index (χ1) is 15.2. The van der Waals surface area contributed by atoms with Crippen molar-refractivity contribution in [3.8, 4) is 0 Å². The quantitative estimate of drug-likeness (QED) is 0.509. The predicted molar refractivity (Wildman–Crippen MR) is 126 cm³/mol. The van der Waals surface area contributed by atoms with E-state index in [9.17, 15) is 19.2 Å². The number of rotatable bonds is 7. The summed E-state index contributed by atoms with van der Waals surface area (Å²) in [5, 5.41) is 3.42. The highest BCUT2D eigenvalue weighted by Gasteiger charge is 2.20. The summed E-state index contributed by atoms with van der Waals surface area (Å²) in [6.07, 6.45) is 0.636. The number of halogens is 2. The molecule has 0 saturated carbocycles. The van der Waals surface area contributed by atoms with Gasteiger partial charge in [0.25, 0.3) is 5.91 Å². The Balaban J connectivity index is 1.87. The lowest BCUT2D eigenvalue weighted by Crippen LogP contribution is -2.39. The lowest BCUT2D eigenvalue weighted by atomic mass is 10.1. The molecule has 3 aromatic rings. The highest BCUT2D eigenvalue weighted by molar-refractivity contribution is 6.35. The fourth-order valence-corrected chi connectivity index (χ4v) is 3.72. The molecule has 0 aliphatic rings. The Morgan fingerprint density at radius 3 is 2.53 bits per heavy atom. The van der Waals surface area contributed by atoms with Gasteiger partial charge >= 0.3 is 11.1 Å². The van der Waals surface area contributed by atoms with E-state index in [0.29, 0.717) is 46.3 Å². The fraction of sp³-hybridized carbons (Fsp3) is 0.273. The van der Waals surface area contributed by atoms with Gasteiger partial charge in [-0.05, 0) is 49.7 Å². The number of carbonyl (C=O) groups is 2. The monoisotopic (exact) mass is 476 g/mol. The average Bonchev–Trinajstić information content (AvgIpc) is 2.76. The van der Waals surface area contributed by atoms with E-state index in [2.05, 4.69) is 10.3 Å². The van der Waals surface area contributed by atoms with Crippen LogP contribution in [0.1, 0.15) is 30.6 Å². The summed E-state index contributed by atoms with van der Waals surface area (Å²) in [6, 6.07) is 9.40. The SMILES string of the molecule is CCCN(CC(=O)Nc1cc(Cl)ccc1Cl)C(=O)c1ccc2c(c1)[nH]c(=O)c(=O)n2CC. The maximum Gasteiger partial charge on any atom is 0.316 e. The minimum absolute atomic E-state index is 0.196. The molecule has 32 heavy (non-hydrogen) atoms. The minimum atomic E-state index is -0.757. The number of aryl methyl sites for hydroxylation is 1. The van der Waals surface area contributed by atoms with Crippen LogP contribution < -0.4 is 16.4 Å². The van der Waals surface area contributed by atoms with Gasteiger partial charge in [-0.3, -0.25) is 19.2 Å². The van der Waals surface area contributed by atoms with Gasteiger partial charge in [-0.25, -0.2) is 0 Å². The molecule has 2 aromatic carbocycles. The molecule has 2 amide bonds. The number of nitrogens with zero attached hydrogens (tertiary/aromatic N) is 2. The summed E-state index contributed by atoms with van der Waals surface area (Å²) in [5.74, 6) is -0.804. The number of amides is 2. The van der Waals surface area contributed by atoms with Crippen LogP contribution in [-0.4, -0.2) is 39.4 Å². The third-order valence-electron chi connectivity index (χ3n) is 4.86. The molecule has 2 N–H and O–H groups in total. The molecule has 0 atom stereocenters. The first kappa shape index (κ1) is 23.6. The van der Waals surface area contributed by atoms with E-state index in [1.165, 1.54) is 21.6 Å². The van der Waals surface area contributed by atoms with Crippen LogP contribution in [-0.2, 0) is 11.3 Å². The van der Waals surface area contributed by atoms with Gasteiger partial charge in [0.15, 0.2) is 0 Å². The van der Waals surface area contributed by atoms with Crippen molar-refractivity contribution in [3.05, 3.63) is 72.7 Å². The third-order valence-corrected chi connectivity index (χ3v) is 5.42. The van der Waals surface area contributed by atoms with Gasteiger partial charge in [0, 0.05) is 23.7 Å². The van der Waals surface area contributed by atoms with E-state index in [-0.39, 0.29) is 18.0 Å². The zero-order chi connectivity index (χ0) is 23.4. The highest BCUT2D eigenvalue weighted by atomic mass is 35.5. The van der Waals surface area contributed by atoms with Crippen LogP contribution in [0.15, 0.2) is 46.0 Å². The number of fused-ring (bicyclic) bond motifs is 1. The molecule has 0 unspecified atom stereocenters. The third kappa shape index (κ3) is 5.03. The first-order valence-electron chi connectivity index (χ1n) is 10.1. The van der Waals surface area contributed by atoms with E-state index < -0.39 is 17.0 Å². The summed E-state index contributed by atoms with van der Waals surface area (Å²) >= 11 is 12.0. The van der Waals surface area contributed by atoms with E-state index in [4.69, 9.17) is 23.2 Å². The molecule has 10 heteroatoms. The summed E-state index contributed by atoms with van der Waals surface area (Å²) in [6.45, 7) is 4.12. The summed E-state index contributed by atoms with van der Waals surface area (Å²) < 4.78 is 1.34. The van der Waals surface area contributed by atoms with Crippen LogP contribution in [0, 0.1) is 0 Å². The smallest absolute Gasteiger partial charge is 0.316 e. The second-order valence-corrected chi connectivity index (χ2v) is 7.98. The van der Waals surface area contributed by atoms with Crippen molar-refractivity contribution in [1.29, 1.82) is 0 Å². The van der Waals surface area contributed by atoms with E-state index >= 15 is 0 Å². The minimum Gasteiger partial charge on any atom is -0.329 e. The first-order valence-corrected chi connectivity index (χ1v) is 10.8. The molecule has 3 rings (SSSR count). The van der Waals surface area contributed by atoms with Gasteiger partial charge in [0.2, 0.25) is 5.91 Å².